The monoisotopic (exact) mass is 388 g/mol. The van der Waals surface area contributed by atoms with Gasteiger partial charge in [-0.05, 0) is 26.7 Å². The van der Waals surface area contributed by atoms with Crippen LogP contribution in [0.4, 0.5) is 4.79 Å². The number of morpholine rings is 1. The Balaban J connectivity index is 1.51. The summed E-state index contributed by atoms with van der Waals surface area (Å²) in [4.78, 5) is 14.2. The molecule has 26 heavy (non-hydrogen) atoms. The van der Waals surface area contributed by atoms with Crippen LogP contribution in [0.1, 0.15) is 46.0 Å². The first-order valence-corrected chi connectivity index (χ1v) is 11.2. The molecule has 8 nitrogen and oxygen atoms in total. The van der Waals surface area contributed by atoms with Gasteiger partial charge in [-0.3, -0.25) is 0 Å². The van der Waals surface area contributed by atoms with Crippen LogP contribution >= 0.6 is 0 Å². The second-order valence-electron chi connectivity index (χ2n) is 7.75. The lowest BCUT2D eigenvalue weighted by Crippen LogP contribution is -2.59. The lowest BCUT2D eigenvalue weighted by molar-refractivity contribution is -0.0456. The van der Waals surface area contributed by atoms with E-state index in [1.807, 2.05) is 13.8 Å². The summed E-state index contributed by atoms with van der Waals surface area (Å²) in [5.74, 6) is 0. The molecule has 0 radical (unpaired) electrons. The molecule has 1 aliphatic carbocycles. The number of amides is 2. The van der Waals surface area contributed by atoms with E-state index in [1.165, 1.54) is 27.9 Å². The molecule has 1 saturated carbocycles. The van der Waals surface area contributed by atoms with Crippen molar-refractivity contribution in [2.24, 2.45) is 0 Å². The molecule has 3 fully saturated rings. The molecule has 3 rings (SSSR count). The zero-order valence-corrected chi connectivity index (χ0v) is 16.7. The van der Waals surface area contributed by atoms with Crippen molar-refractivity contribution in [1.29, 1.82) is 0 Å². The van der Waals surface area contributed by atoms with Crippen molar-refractivity contribution in [3.8, 4) is 0 Å². The van der Waals surface area contributed by atoms with E-state index in [0.717, 1.165) is 12.8 Å². The number of urea groups is 1. The summed E-state index contributed by atoms with van der Waals surface area (Å²) in [5, 5.41) is 3.11. The van der Waals surface area contributed by atoms with E-state index in [2.05, 4.69) is 5.32 Å². The number of hydrogen-bond donors (Lipinski definition) is 1. The molecule has 3 aliphatic rings. The summed E-state index contributed by atoms with van der Waals surface area (Å²) < 4.78 is 34.5. The second-order valence-corrected chi connectivity index (χ2v) is 9.68. The Hall–Kier alpha value is -0.900. The van der Waals surface area contributed by atoms with Crippen LogP contribution in [0.25, 0.3) is 0 Å². The van der Waals surface area contributed by atoms with Gasteiger partial charge in [0, 0.05) is 45.3 Å². The number of carbonyl (C=O) groups excluding carboxylic acids is 1. The van der Waals surface area contributed by atoms with E-state index in [4.69, 9.17) is 4.74 Å². The Morgan fingerprint density at radius 1 is 0.923 bits per heavy atom. The summed E-state index contributed by atoms with van der Waals surface area (Å²) in [6.07, 6.45) is 5.50. The van der Waals surface area contributed by atoms with Crippen LogP contribution in [0.15, 0.2) is 0 Å². The lowest BCUT2D eigenvalue weighted by atomic mass is 9.96. The lowest BCUT2D eigenvalue weighted by Gasteiger charge is -2.40. The third-order valence-electron chi connectivity index (χ3n) is 5.50. The Bertz CT molecular complexity index is 576. The molecule has 0 aromatic carbocycles. The van der Waals surface area contributed by atoms with Crippen molar-refractivity contribution in [2.45, 2.75) is 64.2 Å². The molecule has 0 aromatic heterocycles. The molecular weight excluding hydrogens is 356 g/mol. The molecule has 2 aliphatic heterocycles. The maximum absolute atomic E-state index is 12.9. The minimum atomic E-state index is -3.50. The summed E-state index contributed by atoms with van der Waals surface area (Å²) in [7, 11) is -3.50. The Kier molecular flexibility index (Phi) is 6.42. The highest BCUT2D eigenvalue weighted by Crippen LogP contribution is 2.20. The van der Waals surface area contributed by atoms with Gasteiger partial charge in [-0.1, -0.05) is 19.3 Å². The summed E-state index contributed by atoms with van der Waals surface area (Å²) >= 11 is 0. The van der Waals surface area contributed by atoms with Crippen molar-refractivity contribution in [2.75, 3.05) is 39.3 Å². The van der Waals surface area contributed by atoms with Crippen LogP contribution in [0, 0.1) is 0 Å². The normalized spacial score (nSPS) is 30.3. The second kappa shape index (κ2) is 8.41. The van der Waals surface area contributed by atoms with Gasteiger partial charge < -0.3 is 15.0 Å². The van der Waals surface area contributed by atoms with Gasteiger partial charge in [0.05, 0.1) is 12.2 Å². The van der Waals surface area contributed by atoms with Gasteiger partial charge in [-0.15, -0.1) is 0 Å². The maximum Gasteiger partial charge on any atom is 0.317 e. The summed E-state index contributed by atoms with van der Waals surface area (Å²) in [6.45, 7) is 6.13. The fourth-order valence-corrected chi connectivity index (χ4v) is 5.87. The van der Waals surface area contributed by atoms with Crippen molar-refractivity contribution < 1.29 is 17.9 Å². The average Bonchev–Trinajstić information content (AvgIpc) is 2.62. The minimum Gasteiger partial charge on any atom is -0.373 e. The third kappa shape index (κ3) is 4.68. The standard InChI is InChI=1S/C17H32N4O4S/c1-14-12-21(13-15(2)25-14)26(23,24)20-10-8-19(9-11-20)17(22)18-16-6-4-3-5-7-16/h14-16H,3-13H2,1-2H3,(H,18,22)/t14-,15-/m1/s1. The van der Waals surface area contributed by atoms with Crippen LogP contribution < -0.4 is 5.32 Å². The van der Waals surface area contributed by atoms with E-state index in [-0.39, 0.29) is 24.3 Å². The van der Waals surface area contributed by atoms with Crippen LogP contribution in [-0.2, 0) is 14.9 Å². The molecule has 9 heteroatoms. The number of nitrogens with zero attached hydrogens (tertiary/aromatic N) is 3. The fourth-order valence-electron chi connectivity index (χ4n) is 4.12. The maximum atomic E-state index is 12.9. The van der Waals surface area contributed by atoms with E-state index in [9.17, 15) is 13.2 Å². The fraction of sp³-hybridized carbons (Fsp3) is 0.941. The van der Waals surface area contributed by atoms with E-state index in [0.29, 0.717) is 39.3 Å². The topological polar surface area (TPSA) is 82.2 Å². The molecule has 2 atom stereocenters. The van der Waals surface area contributed by atoms with Crippen LogP contribution in [0.2, 0.25) is 0 Å². The highest BCUT2D eigenvalue weighted by atomic mass is 32.2. The molecule has 1 N–H and O–H groups in total. The molecule has 0 bridgehead atoms. The SMILES string of the molecule is C[C@@H]1CN(S(=O)(=O)N2CCN(C(=O)NC3CCCCC3)CC2)C[C@@H](C)O1. The Morgan fingerprint density at radius 2 is 1.50 bits per heavy atom. The minimum absolute atomic E-state index is 0.0532. The smallest absolute Gasteiger partial charge is 0.317 e. The van der Waals surface area contributed by atoms with E-state index < -0.39 is 10.2 Å². The number of nitrogens with one attached hydrogen (secondary N) is 1. The molecule has 0 spiro atoms. The van der Waals surface area contributed by atoms with Gasteiger partial charge in [0.1, 0.15) is 0 Å². The molecule has 150 valence electrons. The van der Waals surface area contributed by atoms with Gasteiger partial charge in [0.25, 0.3) is 10.2 Å². The molecule has 0 aromatic rings. The van der Waals surface area contributed by atoms with Crippen LogP contribution in [0.3, 0.4) is 0 Å². The van der Waals surface area contributed by atoms with Gasteiger partial charge in [0.15, 0.2) is 0 Å². The summed E-state index contributed by atoms with van der Waals surface area (Å²) in [5.41, 5.74) is 0. The van der Waals surface area contributed by atoms with Gasteiger partial charge in [-0.25, -0.2) is 4.79 Å². The first-order chi connectivity index (χ1) is 12.4. The van der Waals surface area contributed by atoms with Crippen molar-refractivity contribution in [3.63, 3.8) is 0 Å². The number of rotatable bonds is 3. The largest absolute Gasteiger partial charge is 0.373 e. The van der Waals surface area contributed by atoms with Crippen molar-refractivity contribution in [3.05, 3.63) is 0 Å². The molecule has 0 unspecified atom stereocenters. The summed E-state index contributed by atoms with van der Waals surface area (Å²) in [6, 6.07) is 0.219. The average molecular weight is 389 g/mol. The quantitative estimate of drug-likeness (QED) is 0.782. The Labute approximate surface area is 157 Å². The molecule has 2 heterocycles. The Morgan fingerprint density at radius 3 is 2.08 bits per heavy atom. The number of ether oxygens (including phenoxy) is 1. The number of hydrogen-bond acceptors (Lipinski definition) is 4. The first-order valence-electron chi connectivity index (χ1n) is 9.82. The highest BCUT2D eigenvalue weighted by molar-refractivity contribution is 7.86. The molecule has 2 amide bonds. The predicted octanol–water partition coefficient (Wildman–Crippen LogP) is 1.00. The van der Waals surface area contributed by atoms with Crippen LogP contribution in [-0.4, -0.2) is 85.5 Å². The van der Waals surface area contributed by atoms with Crippen molar-refractivity contribution in [1.82, 2.24) is 18.8 Å². The number of piperazine rings is 1. The van der Waals surface area contributed by atoms with Gasteiger partial charge in [0.2, 0.25) is 0 Å². The first kappa shape index (κ1) is 19.9. The van der Waals surface area contributed by atoms with Crippen LogP contribution in [0.5, 0.6) is 0 Å². The van der Waals surface area contributed by atoms with E-state index in [1.54, 1.807) is 4.90 Å². The number of carbonyl (C=O) groups is 1. The van der Waals surface area contributed by atoms with E-state index >= 15 is 0 Å². The predicted molar refractivity (Wildman–Crippen MR) is 99.1 cm³/mol. The molecular formula is C17H32N4O4S. The highest BCUT2D eigenvalue weighted by Gasteiger charge is 2.37. The zero-order chi connectivity index (χ0) is 18.7. The third-order valence-corrected chi connectivity index (χ3v) is 7.47. The molecule has 2 saturated heterocycles. The van der Waals surface area contributed by atoms with Gasteiger partial charge >= 0.3 is 6.03 Å². The zero-order valence-electron chi connectivity index (χ0n) is 15.9. The van der Waals surface area contributed by atoms with Gasteiger partial charge in [-0.2, -0.15) is 17.0 Å². The van der Waals surface area contributed by atoms with Crippen molar-refractivity contribution >= 4 is 16.2 Å².